The summed E-state index contributed by atoms with van der Waals surface area (Å²) in [7, 11) is 0. The Kier molecular flexibility index (Phi) is 4.02. The van der Waals surface area contributed by atoms with Gasteiger partial charge in [-0.1, -0.05) is 35.3 Å². The Bertz CT molecular complexity index is 631. The smallest absolute Gasteiger partial charge is 0.131 e. The van der Waals surface area contributed by atoms with Crippen molar-refractivity contribution in [3.8, 4) is 11.1 Å². The van der Waals surface area contributed by atoms with E-state index in [0.717, 1.165) is 6.07 Å². The van der Waals surface area contributed by atoms with Crippen LogP contribution in [0.2, 0.25) is 10.0 Å². The highest BCUT2D eigenvalue weighted by Gasteiger charge is 2.12. The Hall–Kier alpha value is -0.940. The summed E-state index contributed by atoms with van der Waals surface area (Å²) in [5.41, 5.74) is 0.457. The molecule has 2 nitrogen and oxygen atoms in total. The molecule has 1 atom stereocenters. The van der Waals surface area contributed by atoms with E-state index in [9.17, 15) is 13.2 Å². The molecule has 0 aromatic heterocycles. The molecule has 0 N–H and O–H groups in total. The lowest BCUT2D eigenvalue weighted by molar-refractivity contribution is 0.536. The molecule has 2 aromatic rings. The first kappa shape index (κ1) is 13.5. The summed E-state index contributed by atoms with van der Waals surface area (Å²) in [5, 5.41) is 0.467. The van der Waals surface area contributed by atoms with Crippen LogP contribution in [0.4, 0.5) is 4.39 Å². The highest BCUT2D eigenvalue weighted by molar-refractivity contribution is 7.79. The number of benzene rings is 2. The van der Waals surface area contributed by atoms with Crippen molar-refractivity contribution in [1.82, 2.24) is 0 Å². The number of hydrogen-bond acceptors (Lipinski definition) is 2. The summed E-state index contributed by atoms with van der Waals surface area (Å²) < 4.78 is 35.5. The van der Waals surface area contributed by atoms with E-state index in [4.69, 9.17) is 23.2 Å². The quantitative estimate of drug-likeness (QED) is 0.786. The van der Waals surface area contributed by atoms with E-state index >= 15 is 0 Å². The first-order valence-electron chi connectivity index (χ1n) is 4.84. The Morgan fingerprint density at radius 1 is 1.11 bits per heavy atom. The number of rotatable bonds is 2. The predicted octanol–water partition coefficient (Wildman–Crippen LogP) is 4.04. The van der Waals surface area contributed by atoms with Crippen molar-refractivity contribution in [3.05, 3.63) is 52.3 Å². The second-order valence-electron chi connectivity index (χ2n) is 3.48. The number of hydrogen-bond donors (Lipinski definition) is 0. The minimum absolute atomic E-state index is 0.0116. The molecule has 0 saturated heterocycles. The molecule has 0 bridgehead atoms. The molecule has 0 heterocycles. The summed E-state index contributed by atoms with van der Waals surface area (Å²) in [5.74, 6) is -0.562. The molecule has 2 aromatic carbocycles. The lowest BCUT2D eigenvalue weighted by Crippen LogP contribution is -1.93. The van der Waals surface area contributed by atoms with Crippen LogP contribution in [0, 0.1) is 5.82 Å². The fourth-order valence-corrected chi connectivity index (χ4v) is 2.32. The van der Waals surface area contributed by atoms with Gasteiger partial charge in [0.1, 0.15) is 5.82 Å². The van der Waals surface area contributed by atoms with Crippen LogP contribution in [0.1, 0.15) is 0 Å². The predicted molar refractivity (Wildman–Crippen MR) is 69.0 cm³/mol. The van der Waals surface area contributed by atoms with Gasteiger partial charge in [-0.05, 0) is 35.3 Å². The monoisotopic (exact) mass is 303 g/mol. The van der Waals surface area contributed by atoms with E-state index in [0.29, 0.717) is 5.56 Å². The fraction of sp³-hybridized carbons (Fsp3) is 0. The first-order chi connectivity index (χ1) is 8.50. The minimum atomic E-state index is -2.43. The molecule has 18 heavy (non-hydrogen) atoms. The van der Waals surface area contributed by atoms with Gasteiger partial charge in [0.15, 0.2) is 0 Å². The van der Waals surface area contributed by atoms with Crippen LogP contribution in [0.25, 0.3) is 11.1 Å². The summed E-state index contributed by atoms with van der Waals surface area (Å²) in [6.07, 6.45) is 0. The molecule has 2 rings (SSSR count). The van der Waals surface area contributed by atoms with Crippen LogP contribution >= 0.6 is 23.2 Å². The lowest BCUT2D eigenvalue weighted by Gasteiger charge is -2.11. The van der Waals surface area contributed by atoms with Gasteiger partial charge in [-0.25, -0.2) is 4.39 Å². The van der Waals surface area contributed by atoms with Crippen molar-refractivity contribution < 1.29 is 13.2 Å². The molecule has 94 valence electrons. The van der Waals surface area contributed by atoms with E-state index < -0.39 is 16.9 Å². The highest BCUT2D eigenvalue weighted by Crippen LogP contribution is 2.35. The standard InChI is InChI=1S/C12H7Cl2FO2S/c13-10-3-1-2-8(12(10)14)9-6-7(18(16)17)4-5-11(9)15/h1-6H,(H,16,17)/p-1. The maximum absolute atomic E-state index is 13.7. The molecule has 6 heteroatoms. The molecule has 0 fully saturated rings. The van der Waals surface area contributed by atoms with Gasteiger partial charge in [-0.3, -0.25) is 4.21 Å². The van der Waals surface area contributed by atoms with Gasteiger partial charge in [0, 0.05) is 16.0 Å². The third kappa shape index (κ3) is 2.57. The molecule has 0 amide bonds. The van der Waals surface area contributed by atoms with E-state index in [-0.39, 0.29) is 20.5 Å². The molecular weight excluding hydrogens is 298 g/mol. The SMILES string of the molecule is O=S([O-])c1ccc(F)c(-c2cccc(Cl)c2Cl)c1. The van der Waals surface area contributed by atoms with Gasteiger partial charge in [-0.15, -0.1) is 0 Å². The molecular formula is C12H6Cl2FO2S-. The van der Waals surface area contributed by atoms with Crippen molar-refractivity contribution in [1.29, 1.82) is 0 Å². The largest absolute Gasteiger partial charge is 0.768 e. The Morgan fingerprint density at radius 2 is 1.83 bits per heavy atom. The topological polar surface area (TPSA) is 40.1 Å². The average molecular weight is 304 g/mol. The Balaban J connectivity index is 2.66. The zero-order valence-corrected chi connectivity index (χ0v) is 11.2. The van der Waals surface area contributed by atoms with E-state index in [2.05, 4.69) is 0 Å². The maximum Gasteiger partial charge on any atom is 0.131 e. The van der Waals surface area contributed by atoms with E-state index in [1.54, 1.807) is 18.2 Å². The van der Waals surface area contributed by atoms with Crippen LogP contribution in [0.5, 0.6) is 0 Å². The third-order valence-corrected chi connectivity index (χ3v) is 3.83. The molecule has 0 spiro atoms. The van der Waals surface area contributed by atoms with Gasteiger partial charge < -0.3 is 4.55 Å². The summed E-state index contributed by atoms with van der Waals surface area (Å²) in [6, 6.07) is 8.24. The van der Waals surface area contributed by atoms with Crippen molar-refractivity contribution in [2.45, 2.75) is 4.90 Å². The lowest BCUT2D eigenvalue weighted by atomic mass is 10.1. The fourth-order valence-electron chi connectivity index (χ4n) is 1.53. The van der Waals surface area contributed by atoms with Gasteiger partial charge >= 0.3 is 0 Å². The third-order valence-electron chi connectivity index (χ3n) is 2.37. The first-order valence-corrected chi connectivity index (χ1v) is 6.67. The van der Waals surface area contributed by atoms with Crippen LogP contribution in [-0.4, -0.2) is 8.76 Å². The molecule has 0 aliphatic carbocycles. The maximum atomic E-state index is 13.7. The normalized spacial score (nSPS) is 12.4. The van der Waals surface area contributed by atoms with Crippen LogP contribution in [-0.2, 0) is 11.1 Å². The number of halogens is 3. The molecule has 1 unspecified atom stereocenters. The minimum Gasteiger partial charge on any atom is -0.768 e. The van der Waals surface area contributed by atoms with Crippen molar-refractivity contribution >= 4 is 34.3 Å². The zero-order chi connectivity index (χ0) is 13.3. The Labute approximate surface area is 116 Å². The van der Waals surface area contributed by atoms with Gasteiger partial charge in [-0.2, -0.15) is 0 Å². The molecule has 0 saturated carbocycles. The summed E-state index contributed by atoms with van der Waals surface area (Å²) >= 11 is 9.40. The summed E-state index contributed by atoms with van der Waals surface area (Å²) in [4.78, 5) is -0.0116. The average Bonchev–Trinajstić information content (AvgIpc) is 2.33. The second kappa shape index (κ2) is 5.36. The molecule has 0 aliphatic rings. The van der Waals surface area contributed by atoms with Crippen molar-refractivity contribution in [3.63, 3.8) is 0 Å². The van der Waals surface area contributed by atoms with Gasteiger partial charge in [0.05, 0.1) is 10.0 Å². The van der Waals surface area contributed by atoms with Crippen LogP contribution in [0.3, 0.4) is 0 Å². The second-order valence-corrected chi connectivity index (χ2v) is 5.20. The molecule has 0 radical (unpaired) electrons. The van der Waals surface area contributed by atoms with Crippen molar-refractivity contribution in [2.24, 2.45) is 0 Å². The zero-order valence-electron chi connectivity index (χ0n) is 8.82. The van der Waals surface area contributed by atoms with E-state index in [1.165, 1.54) is 12.1 Å². The van der Waals surface area contributed by atoms with Crippen LogP contribution < -0.4 is 0 Å². The van der Waals surface area contributed by atoms with Crippen LogP contribution in [0.15, 0.2) is 41.3 Å². The van der Waals surface area contributed by atoms with Gasteiger partial charge in [0.2, 0.25) is 0 Å². The Morgan fingerprint density at radius 3 is 2.50 bits per heavy atom. The van der Waals surface area contributed by atoms with Crippen molar-refractivity contribution in [2.75, 3.05) is 0 Å². The highest BCUT2D eigenvalue weighted by atomic mass is 35.5. The van der Waals surface area contributed by atoms with Gasteiger partial charge in [0.25, 0.3) is 0 Å². The molecule has 0 aliphatic heterocycles. The summed E-state index contributed by atoms with van der Waals surface area (Å²) in [6.45, 7) is 0. The van der Waals surface area contributed by atoms with E-state index in [1.807, 2.05) is 0 Å².